The van der Waals surface area contributed by atoms with Crippen LogP contribution in [0.15, 0.2) is 41.8 Å². The largest absolute Gasteiger partial charge is 0.372 e. The Hall–Kier alpha value is -2.18. The molecule has 4 rings (SSSR count). The Bertz CT molecular complexity index is 901. The van der Waals surface area contributed by atoms with E-state index in [0.717, 1.165) is 10.4 Å². The first-order valence-electron chi connectivity index (χ1n) is 10.7. The molecule has 6 heteroatoms. The number of carbonyl (C=O) groups is 2. The number of hydrogen-bond donors (Lipinski definition) is 0. The molecule has 4 atom stereocenters. The van der Waals surface area contributed by atoms with E-state index in [1.54, 1.807) is 11.3 Å². The van der Waals surface area contributed by atoms with Crippen molar-refractivity contribution in [1.82, 2.24) is 9.80 Å². The summed E-state index contributed by atoms with van der Waals surface area (Å²) in [5, 5.41) is 2.02. The number of hydrogen-bond acceptors (Lipinski definition) is 4. The number of nitrogens with zero attached hydrogens (tertiary/aromatic N) is 2. The molecule has 2 aromatic rings. The number of fused-ring (bicyclic) bond motifs is 1. The lowest BCUT2D eigenvalue weighted by Gasteiger charge is -2.45. The van der Waals surface area contributed by atoms with Gasteiger partial charge in [0.15, 0.2) is 0 Å². The average molecular weight is 427 g/mol. The van der Waals surface area contributed by atoms with Gasteiger partial charge in [0.1, 0.15) is 0 Å². The molecule has 160 valence electrons. The molecule has 5 nitrogen and oxygen atoms in total. The van der Waals surface area contributed by atoms with Gasteiger partial charge >= 0.3 is 0 Å². The van der Waals surface area contributed by atoms with Gasteiger partial charge < -0.3 is 14.5 Å². The van der Waals surface area contributed by atoms with Crippen molar-refractivity contribution in [3.63, 3.8) is 0 Å². The van der Waals surface area contributed by atoms with E-state index in [9.17, 15) is 9.59 Å². The van der Waals surface area contributed by atoms with Gasteiger partial charge in [-0.1, -0.05) is 38.1 Å². The highest BCUT2D eigenvalue weighted by Crippen LogP contribution is 2.45. The summed E-state index contributed by atoms with van der Waals surface area (Å²) < 4.78 is 5.86. The monoisotopic (exact) mass is 426 g/mol. The summed E-state index contributed by atoms with van der Waals surface area (Å²) in [6.45, 7) is 10.0. The van der Waals surface area contributed by atoms with Crippen molar-refractivity contribution in [3.05, 3.63) is 57.8 Å². The van der Waals surface area contributed by atoms with E-state index in [1.165, 1.54) is 0 Å². The lowest BCUT2D eigenvalue weighted by molar-refractivity contribution is -0.146. The molecule has 1 fully saturated rings. The zero-order valence-electron chi connectivity index (χ0n) is 18.1. The molecule has 0 radical (unpaired) electrons. The van der Waals surface area contributed by atoms with Crippen LogP contribution < -0.4 is 0 Å². The minimum absolute atomic E-state index is 0.00474. The number of ether oxygens (including phenoxy) is 1. The Kier molecular flexibility index (Phi) is 5.98. The van der Waals surface area contributed by atoms with Crippen LogP contribution in [0.1, 0.15) is 60.5 Å². The van der Waals surface area contributed by atoms with Crippen molar-refractivity contribution in [2.75, 3.05) is 19.6 Å². The first kappa shape index (κ1) is 21.1. The fourth-order valence-corrected chi connectivity index (χ4v) is 5.66. The van der Waals surface area contributed by atoms with Gasteiger partial charge in [-0.25, -0.2) is 0 Å². The molecule has 0 unspecified atom stereocenters. The zero-order chi connectivity index (χ0) is 21.4. The van der Waals surface area contributed by atoms with Crippen LogP contribution in [0.4, 0.5) is 0 Å². The standard InChI is InChI=1S/C24H30N2O3S/c1-15(2)12-26-22(20-10-7-11-30-20)21(18-8-5-6-9-19(18)23(26)27)24(28)25-13-16(3)29-17(4)14-25/h5-11,15-17,21-22H,12-14H2,1-4H3/t16-,17-,21-,22-/m0/s1. The molecule has 0 bridgehead atoms. The molecule has 2 amide bonds. The first-order valence-corrected chi connectivity index (χ1v) is 11.6. The maximum absolute atomic E-state index is 14.0. The van der Waals surface area contributed by atoms with Crippen molar-refractivity contribution in [2.45, 2.75) is 51.9 Å². The number of rotatable bonds is 4. The van der Waals surface area contributed by atoms with Crippen molar-refractivity contribution in [3.8, 4) is 0 Å². The van der Waals surface area contributed by atoms with Gasteiger partial charge in [0.2, 0.25) is 5.91 Å². The van der Waals surface area contributed by atoms with Crippen LogP contribution in [0.5, 0.6) is 0 Å². The van der Waals surface area contributed by atoms with Crippen LogP contribution in [-0.2, 0) is 9.53 Å². The van der Waals surface area contributed by atoms with Crippen LogP contribution >= 0.6 is 11.3 Å². The van der Waals surface area contributed by atoms with E-state index in [-0.39, 0.29) is 30.1 Å². The van der Waals surface area contributed by atoms with Crippen LogP contribution in [0.2, 0.25) is 0 Å². The highest BCUT2D eigenvalue weighted by molar-refractivity contribution is 7.10. The zero-order valence-corrected chi connectivity index (χ0v) is 18.9. The fourth-order valence-electron chi connectivity index (χ4n) is 4.78. The highest BCUT2D eigenvalue weighted by Gasteiger charge is 2.46. The summed E-state index contributed by atoms with van der Waals surface area (Å²) in [7, 11) is 0. The minimum atomic E-state index is -0.409. The normalized spacial score (nSPS) is 26.8. The first-order chi connectivity index (χ1) is 14.4. The van der Waals surface area contributed by atoms with Gasteiger partial charge in [-0.05, 0) is 42.8 Å². The predicted octanol–water partition coefficient (Wildman–Crippen LogP) is 4.32. The number of benzene rings is 1. The maximum atomic E-state index is 14.0. The predicted molar refractivity (Wildman–Crippen MR) is 119 cm³/mol. The molecule has 30 heavy (non-hydrogen) atoms. The second-order valence-corrected chi connectivity index (χ2v) is 9.86. The second kappa shape index (κ2) is 8.52. The molecule has 0 N–H and O–H groups in total. The van der Waals surface area contributed by atoms with E-state index >= 15 is 0 Å². The summed E-state index contributed by atoms with van der Waals surface area (Å²) >= 11 is 1.62. The molecular weight excluding hydrogens is 396 g/mol. The van der Waals surface area contributed by atoms with E-state index in [0.29, 0.717) is 31.1 Å². The lowest BCUT2D eigenvalue weighted by atomic mass is 9.80. The van der Waals surface area contributed by atoms with Crippen LogP contribution in [-0.4, -0.2) is 53.5 Å². The van der Waals surface area contributed by atoms with E-state index in [4.69, 9.17) is 4.74 Å². The molecule has 0 saturated carbocycles. The topological polar surface area (TPSA) is 49.9 Å². The van der Waals surface area contributed by atoms with Gasteiger partial charge in [-0.15, -0.1) is 11.3 Å². The molecule has 0 aliphatic carbocycles. The van der Waals surface area contributed by atoms with Crippen LogP contribution in [0, 0.1) is 5.92 Å². The summed E-state index contributed by atoms with van der Waals surface area (Å²) in [4.78, 5) is 32.4. The third-order valence-electron chi connectivity index (χ3n) is 5.83. The third kappa shape index (κ3) is 3.91. The molecule has 1 aromatic heterocycles. The molecule has 0 spiro atoms. The number of amides is 2. The molecule has 1 saturated heterocycles. The SMILES string of the molecule is CC(C)CN1C(=O)c2ccccc2[C@H](C(=O)N2C[C@H](C)O[C@@H](C)C2)[C@@H]1c1cccs1. The van der Waals surface area contributed by atoms with Gasteiger partial charge in [-0.2, -0.15) is 0 Å². The Morgan fingerprint density at radius 2 is 1.83 bits per heavy atom. The number of thiophene rings is 1. The van der Waals surface area contributed by atoms with Gasteiger partial charge in [0.25, 0.3) is 5.91 Å². The van der Waals surface area contributed by atoms with Crippen molar-refractivity contribution in [2.24, 2.45) is 5.92 Å². The van der Waals surface area contributed by atoms with Gasteiger partial charge in [0, 0.05) is 30.1 Å². The molecule has 3 heterocycles. The number of morpholine rings is 1. The minimum Gasteiger partial charge on any atom is -0.372 e. The second-order valence-electron chi connectivity index (χ2n) is 8.88. The summed E-state index contributed by atoms with van der Waals surface area (Å²) in [6.07, 6.45) is 0.00948. The third-order valence-corrected chi connectivity index (χ3v) is 6.78. The lowest BCUT2D eigenvalue weighted by Crippen LogP contribution is -2.53. The highest BCUT2D eigenvalue weighted by atomic mass is 32.1. The van der Waals surface area contributed by atoms with Crippen molar-refractivity contribution >= 4 is 23.2 Å². The Balaban J connectivity index is 1.82. The summed E-state index contributed by atoms with van der Waals surface area (Å²) in [5.41, 5.74) is 1.50. The van der Waals surface area contributed by atoms with E-state index in [2.05, 4.69) is 19.9 Å². The van der Waals surface area contributed by atoms with Crippen LogP contribution in [0.25, 0.3) is 0 Å². The van der Waals surface area contributed by atoms with E-state index < -0.39 is 5.92 Å². The summed E-state index contributed by atoms with van der Waals surface area (Å²) in [5.74, 6) is 0.00391. The molecule has 2 aliphatic heterocycles. The Morgan fingerprint density at radius 3 is 2.47 bits per heavy atom. The molecule has 2 aliphatic rings. The average Bonchev–Trinajstić information content (AvgIpc) is 3.22. The van der Waals surface area contributed by atoms with Gasteiger partial charge in [-0.3, -0.25) is 9.59 Å². The summed E-state index contributed by atoms with van der Waals surface area (Å²) in [6, 6.07) is 11.4. The van der Waals surface area contributed by atoms with E-state index in [1.807, 2.05) is 59.4 Å². The Morgan fingerprint density at radius 1 is 1.13 bits per heavy atom. The van der Waals surface area contributed by atoms with Crippen molar-refractivity contribution in [1.29, 1.82) is 0 Å². The van der Waals surface area contributed by atoms with Crippen LogP contribution in [0.3, 0.4) is 0 Å². The molecular formula is C24H30N2O3S. The van der Waals surface area contributed by atoms with Gasteiger partial charge in [0.05, 0.1) is 24.2 Å². The fraction of sp³-hybridized carbons (Fsp3) is 0.500. The number of carbonyl (C=O) groups excluding carboxylic acids is 2. The smallest absolute Gasteiger partial charge is 0.254 e. The maximum Gasteiger partial charge on any atom is 0.254 e. The van der Waals surface area contributed by atoms with Crippen molar-refractivity contribution < 1.29 is 14.3 Å². The molecule has 1 aromatic carbocycles. The quantitative estimate of drug-likeness (QED) is 0.732. The Labute approximate surface area is 182 Å².